The molecule has 2 amide bonds. The van der Waals surface area contributed by atoms with Gasteiger partial charge in [-0.2, -0.15) is 4.98 Å². The Balaban J connectivity index is 1.04. The number of halogens is 1. The molecule has 11 nitrogen and oxygen atoms in total. The first-order valence-corrected chi connectivity index (χ1v) is 14.8. The number of benzene rings is 2. The third-order valence-electron chi connectivity index (χ3n) is 7.49. The fourth-order valence-corrected chi connectivity index (χ4v) is 5.12. The molecular formula is C32H37FN6O5. The number of nitrogens with zero attached hydrogens (tertiary/aromatic N) is 4. The van der Waals surface area contributed by atoms with Crippen LogP contribution >= 0.6 is 0 Å². The van der Waals surface area contributed by atoms with Gasteiger partial charge in [0.25, 0.3) is 5.91 Å². The predicted molar refractivity (Wildman–Crippen MR) is 160 cm³/mol. The van der Waals surface area contributed by atoms with Gasteiger partial charge in [-0.3, -0.25) is 9.59 Å². The predicted octanol–water partition coefficient (Wildman–Crippen LogP) is 3.83. The summed E-state index contributed by atoms with van der Waals surface area (Å²) in [5.41, 5.74) is 7.47. The first kappa shape index (κ1) is 30.9. The topological polar surface area (TPSA) is 140 Å². The normalized spacial score (nSPS) is 15.4. The maximum atomic E-state index is 14.9. The van der Waals surface area contributed by atoms with Crippen molar-refractivity contribution in [3.8, 4) is 17.1 Å². The number of hydrogen-bond acceptors (Lipinski definition) is 9. The lowest BCUT2D eigenvalue weighted by Gasteiger charge is -2.25. The first-order chi connectivity index (χ1) is 21.4. The molecule has 0 unspecified atom stereocenters. The van der Waals surface area contributed by atoms with Gasteiger partial charge in [-0.15, -0.1) is 0 Å². The van der Waals surface area contributed by atoms with Gasteiger partial charge in [-0.1, -0.05) is 35.5 Å². The molecule has 0 radical (unpaired) electrons. The van der Waals surface area contributed by atoms with Crippen molar-refractivity contribution in [3.05, 3.63) is 90.0 Å². The molecule has 2 atom stereocenters. The number of nitrogens with two attached hydrogens (primary N) is 1. The number of carbonyl (C=O) groups is 2. The van der Waals surface area contributed by atoms with Gasteiger partial charge in [0.05, 0.1) is 24.5 Å². The summed E-state index contributed by atoms with van der Waals surface area (Å²) in [5.74, 6) is -0.0787. The second-order valence-electron chi connectivity index (χ2n) is 10.8. The van der Waals surface area contributed by atoms with Gasteiger partial charge >= 0.3 is 0 Å². The Morgan fingerprint density at radius 3 is 2.70 bits per heavy atom. The van der Waals surface area contributed by atoms with E-state index in [-0.39, 0.29) is 28.9 Å². The van der Waals surface area contributed by atoms with Crippen molar-refractivity contribution in [3.63, 3.8) is 0 Å². The number of ether oxygens (including phenoxy) is 1. The number of furan rings is 1. The molecule has 4 aromatic rings. The molecule has 1 saturated heterocycles. The van der Waals surface area contributed by atoms with E-state index in [1.165, 1.54) is 12.3 Å². The minimum absolute atomic E-state index is 0.118. The zero-order valence-electron chi connectivity index (χ0n) is 24.7. The summed E-state index contributed by atoms with van der Waals surface area (Å²) < 4.78 is 31.2. The van der Waals surface area contributed by atoms with E-state index in [4.69, 9.17) is 19.4 Å². The van der Waals surface area contributed by atoms with Crippen LogP contribution in [0.1, 0.15) is 47.8 Å². The van der Waals surface area contributed by atoms with Crippen LogP contribution in [0, 0.1) is 5.82 Å². The summed E-state index contributed by atoms with van der Waals surface area (Å²) in [7, 11) is 0. The van der Waals surface area contributed by atoms with Crippen molar-refractivity contribution in [2.45, 2.75) is 38.3 Å². The highest BCUT2D eigenvalue weighted by Crippen LogP contribution is 2.26. The summed E-state index contributed by atoms with van der Waals surface area (Å²) >= 11 is 0. The van der Waals surface area contributed by atoms with Crippen molar-refractivity contribution in [1.82, 2.24) is 25.3 Å². The second-order valence-corrected chi connectivity index (χ2v) is 10.8. The Bertz CT molecular complexity index is 1510. The number of carbonyl (C=O) groups excluding carboxylic acids is 2. The molecule has 5 rings (SSSR count). The van der Waals surface area contributed by atoms with E-state index in [9.17, 15) is 14.0 Å². The van der Waals surface area contributed by atoms with Gasteiger partial charge in [-0.25, -0.2) is 4.39 Å². The molecule has 2 aromatic heterocycles. The van der Waals surface area contributed by atoms with Gasteiger partial charge in [0.2, 0.25) is 17.6 Å². The van der Waals surface area contributed by atoms with Gasteiger partial charge < -0.3 is 34.5 Å². The molecule has 0 bridgehead atoms. The molecule has 1 aliphatic rings. The van der Waals surface area contributed by atoms with Crippen LogP contribution in [0.15, 0.2) is 75.9 Å². The van der Waals surface area contributed by atoms with Crippen LogP contribution in [0.2, 0.25) is 0 Å². The highest BCUT2D eigenvalue weighted by molar-refractivity contribution is 5.95. The molecule has 12 heteroatoms. The number of aromatic nitrogens is 2. The van der Waals surface area contributed by atoms with E-state index in [1.807, 2.05) is 30.3 Å². The molecule has 3 heterocycles. The number of rotatable bonds is 12. The van der Waals surface area contributed by atoms with E-state index in [0.29, 0.717) is 31.9 Å². The molecule has 0 aliphatic carbocycles. The third kappa shape index (κ3) is 8.08. The lowest BCUT2D eigenvalue weighted by Crippen LogP contribution is -2.48. The molecule has 3 N–H and O–H groups in total. The van der Waals surface area contributed by atoms with Crippen LogP contribution < -0.4 is 15.8 Å². The zero-order valence-corrected chi connectivity index (χ0v) is 24.7. The van der Waals surface area contributed by atoms with Crippen LogP contribution in [0.4, 0.5) is 4.39 Å². The highest BCUT2D eigenvalue weighted by atomic mass is 19.1. The third-order valence-corrected chi connectivity index (χ3v) is 7.49. The second kappa shape index (κ2) is 14.8. The Labute approximate surface area is 255 Å². The SMILES string of the molecule is C[C@H](NC(=O)c1ccco1)C(=O)N1CCCN(CCCOc2ccc(-c3noc([C@H](N)Cc4ccccc4)n3)c(F)c2)CC1. The van der Waals surface area contributed by atoms with E-state index in [0.717, 1.165) is 38.0 Å². The smallest absolute Gasteiger partial charge is 0.287 e. The number of hydrogen-bond donors (Lipinski definition) is 2. The summed E-state index contributed by atoms with van der Waals surface area (Å²) in [6, 6.07) is 16.3. The Kier molecular flexibility index (Phi) is 10.4. The largest absolute Gasteiger partial charge is 0.493 e. The minimum Gasteiger partial charge on any atom is -0.493 e. The van der Waals surface area contributed by atoms with Crippen molar-refractivity contribution in [2.24, 2.45) is 5.73 Å². The van der Waals surface area contributed by atoms with Crippen molar-refractivity contribution < 1.29 is 27.7 Å². The summed E-state index contributed by atoms with van der Waals surface area (Å²) in [6.07, 6.45) is 3.51. The maximum Gasteiger partial charge on any atom is 0.287 e. The fourth-order valence-electron chi connectivity index (χ4n) is 5.12. The summed E-state index contributed by atoms with van der Waals surface area (Å²) in [4.78, 5) is 33.5. The standard InChI is InChI=1S/C32H37FN6O5/c1-22(35-30(40)28-10-5-18-43-28)32(41)39-15-6-13-38(16-17-39)14-7-19-42-24-11-12-25(26(33)21-24)29-36-31(44-37-29)27(34)20-23-8-3-2-4-9-23/h2-5,8-12,18,21-22,27H,6-7,13-17,19-20,34H2,1H3,(H,35,40)/t22-,27+/m0/s1. The summed E-state index contributed by atoms with van der Waals surface area (Å²) in [6.45, 7) is 5.64. The van der Waals surface area contributed by atoms with Crippen LogP contribution in [0.25, 0.3) is 11.4 Å². The molecule has 1 fully saturated rings. The lowest BCUT2D eigenvalue weighted by atomic mass is 10.1. The van der Waals surface area contributed by atoms with Gasteiger partial charge in [0.15, 0.2) is 5.76 Å². The van der Waals surface area contributed by atoms with Crippen molar-refractivity contribution in [1.29, 1.82) is 0 Å². The first-order valence-electron chi connectivity index (χ1n) is 14.8. The molecule has 0 saturated carbocycles. The van der Waals surface area contributed by atoms with Gasteiger partial charge in [-0.05, 0) is 62.6 Å². The average Bonchev–Trinajstić information content (AvgIpc) is 3.69. The lowest BCUT2D eigenvalue weighted by molar-refractivity contribution is -0.132. The molecule has 2 aromatic carbocycles. The van der Waals surface area contributed by atoms with E-state index >= 15 is 0 Å². The van der Waals surface area contributed by atoms with Crippen molar-refractivity contribution in [2.75, 3.05) is 39.3 Å². The zero-order chi connectivity index (χ0) is 30.9. The Hall–Kier alpha value is -4.55. The number of amides is 2. The molecule has 0 spiro atoms. The van der Waals surface area contributed by atoms with Crippen LogP contribution in [-0.4, -0.2) is 77.1 Å². The van der Waals surface area contributed by atoms with Crippen LogP contribution in [-0.2, 0) is 11.2 Å². The van der Waals surface area contributed by atoms with Gasteiger partial charge in [0.1, 0.15) is 17.6 Å². The van der Waals surface area contributed by atoms with E-state index in [2.05, 4.69) is 20.4 Å². The maximum absolute atomic E-state index is 14.9. The Morgan fingerprint density at radius 2 is 1.93 bits per heavy atom. The van der Waals surface area contributed by atoms with E-state index < -0.39 is 23.8 Å². The van der Waals surface area contributed by atoms with Crippen molar-refractivity contribution >= 4 is 11.8 Å². The number of nitrogens with one attached hydrogen (secondary N) is 1. The molecule has 44 heavy (non-hydrogen) atoms. The molecular weight excluding hydrogens is 567 g/mol. The molecule has 232 valence electrons. The van der Waals surface area contributed by atoms with Crippen LogP contribution in [0.3, 0.4) is 0 Å². The fraction of sp³-hybridized carbons (Fsp3) is 0.375. The Morgan fingerprint density at radius 1 is 1.09 bits per heavy atom. The molecule has 1 aliphatic heterocycles. The highest BCUT2D eigenvalue weighted by Gasteiger charge is 2.25. The van der Waals surface area contributed by atoms with Gasteiger partial charge in [0, 0.05) is 32.2 Å². The minimum atomic E-state index is -0.654. The quantitative estimate of drug-likeness (QED) is 0.231. The monoisotopic (exact) mass is 604 g/mol. The average molecular weight is 605 g/mol. The van der Waals surface area contributed by atoms with E-state index in [1.54, 1.807) is 36.1 Å². The van der Waals surface area contributed by atoms with Crippen LogP contribution in [0.5, 0.6) is 5.75 Å². The summed E-state index contributed by atoms with van der Waals surface area (Å²) in [5, 5.41) is 6.63.